The van der Waals surface area contributed by atoms with Crippen molar-refractivity contribution in [3.8, 4) is 0 Å². The smallest absolute Gasteiger partial charge is 0.274 e. The van der Waals surface area contributed by atoms with Crippen LogP contribution >= 0.6 is 0 Å². The fraction of sp³-hybridized carbons (Fsp3) is 0.433. The number of nitrogens with zero attached hydrogens (tertiary/aromatic N) is 4. The van der Waals surface area contributed by atoms with Gasteiger partial charge in [-0.05, 0) is 74.5 Å². The maximum absolute atomic E-state index is 13.7. The van der Waals surface area contributed by atoms with Gasteiger partial charge >= 0.3 is 0 Å². The highest BCUT2D eigenvalue weighted by molar-refractivity contribution is 5.99. The topological polar surface area (TPSA) is 82.9 Å². The summed E-state index contributed by atoms with van der Waals surface area (Å²) in [5.41, 5.74) is 4.28. The molecular formula is C30H34FN5O3. The van der Waals surface area contributed by atoms with Gasteiger partial charge in [0.25, 0.3) is 11.5 Å². The molecule has 0 bridgehead atoms. The lowest BCUT2D eigenvalue weighted by Crippen LogP contribution is -2.41. The molecule has 39 heavy (non-hydrogen) atoms. The van der Waals surface area contributed by atoms with Gasteiger partial charge in [-0.15, -0.1) is 0 Å². The number of halogens is 1. The second kappa shape index (κ2) is 10.5. The lowest BCUT2D eigenvalue weighted by atomic mass is 9.99. The molecule has 2 saturated heterocycles. The first-order valence-corrected chi connectivity index (χ1v) is 13.7. The first-order chi connectivity index (χ1) is 18.9. The summed E-state index contributed by atoms with van der Waals surface area (Å²) >= 11 is 0. The van der Waals surface area contributed by atoms with Crippen molar-refractivity contribution in [3.05, 3.63) is 81.3 Å². The average Bonchev–Trinajstić information content (AvgIpc) is 3.58. The van der Waals surface area contributed by atoms with E-state index in [0.29, 0.717) is 36.4 Å². The summed E-state index contributed by atoms with van der Waals surface area (Å²) in [5, 5.41) is 0. The van der Waals surface area contributed by atoms with Crippen molar-refractivity contribution >= 4 is 22.5 Å². The number of rotatable bonds is 6. The van der Waals surface area contributed by atoms with Crippen LogP contribution < -0.4 is 5.56 Å². The molecule has 2 aliphatic heterocycles. The van der Waals surface area contributed by atoms with E-state index >= 15 is 0 Å². The molecule has 204 valence electrons. The Kier molecular flexibility index (Phi) is 6.95. The summed E-state index contributed by atoms with van der Waals surface area (Å²) in [6.45, 7) is 5.61. The number of nitrogens with one attached hydrogen (secondary N) is 1. The molecule has 2 fully saturated rings. The molecule has 1 amide bonds. The second-order valence-electron chi connectivity index (χ2n) is 10.9. The Morgan fingerprint density at radius 2 is 1.92 bits per heavy atom. The van der Waals surface area contributed by atoms with E-state index in [2.05, 4.69) is 14.9 Å². The number of aromatic amines is 1. The largest absolute Gasteiger partial charge is 0.381 e. The van der Waals surface area contributed by atoms with Gasteiger partial charge in [0.15, 0.2) is 0 Å². The standard InChI is InChI=1S/C30H34FN5O3/c1-19-14-26-25(33-29(37)27-16-32-28(36(26)27)21-9-12-39-13-10-21)15-24(19)30(38)34(2)18-23-4-3-11-35(23)17-20-5-7-22(31)8-6-20/h5-8,14-16,21,23H,3-4,9-13,17-18H2,1-2H3,(H,33,37)/t23-/m1/s1. The first-order valence-electron chi connectivity index (χ1n) is 13.7. The Bertz CT molecular complexity index is 1570. The zero-order valence-electron chi connectivity index (χ0n) is 22.5. The molecule has 0 aliphatic carbocycles. The fourth-order valence-corrected chi connectivity index (χ4v) is 6.16. The molecule has 2 aromatic carbocycles. The van der Waals surface area contributed by atoms with Gasteiger partial charge in [-0.1, -0.05) is 12.1 Å². The Morgan fingerprint density at radius 1 is 1.15 bits per heavy atom. The van der Waals surface area contributed by atoms with Crippen molar-refractivity contribution in [2.75, 3.05) is 33.4 Å². The molecular weight excluding hydrogens is 497 g/mol. The third-order valence-electron chi connectivity index (χ3n) is 8.30. The van der Waals surface area contributed by atoms with E-state index in [4.69, 9.17) is 4.74 Å². The quantitative estimate of drug-likeness (QED) is 0.402. The molecule has 8 nitrogen and oxygen atoms in total. The molecule has 0 saturated carbocycles. The monoisotopic (exact) mass is 531 g/mol. The van der Waals surface area contributed by atoms with Crippen LogP contribution in [0.1, 0.15) is 58.9 Å². The van der Waals surface area contributed by atoms with Gasteiger partial charge in [0, 0.05) is 50.9 Å². The van der Waals surface area contributed by atoms with Crippen LogP contribution in [-0.4, -0.2) is 69.5 Å². The van der Waals surface area contributed by atoms with Crippen LogP contribution in [0.3, 0.4) is 0 Å². The number of aromatic nitrogens is 3. The Hall–Kier alpha value is -3.56. The van der Waals surface area contributed by atoms with Crippen LogP contribution in [0, 0.1) is 12.7 Å². The van der Waals surface area contributed by atoms with Gasteiger partial charge in [-0.2, -0.15) is 0 Å². The number of likely N-dealkylation sites (tertiary alicyclic amines) is 1. The number of amides is 1. The highest BCUT2D eigenvalue weighted by Crippen LogP contribution is 2.29. The number of fused-ring (bicyclic) bond motifs is 3. The molecule has 2 aromatic heterocycles. The van der Waals surface area contributed by atoms with Crippen LogP contribution in [0.5, 0.6) is 0 Å². The van der Waals surface area contributed by atoms with Gasteiger partial charge in [0.1, 0.15) is 17.2 Å². The van der Waals surface area contributed by atoms with Crippen LogP contribution in [0.2, 0.25) is 0 Å². The zero-order chi connectivity index (χ0) is 27.1. The van der Waals surface area contributed by atoms with Crippen molar-refractivity contribution < 1.29 is 13.9 Å². The summed E-state index contributed by atoms with van der Waals surface area (Å²) in [7, 11) is 1.84. The van der Waals surface area contributed by atoms with Crippen molar-refractivity contribution in [1.82, 2.24) is 24.2 Å². The summed E-state index contributed by atoms with van der Waals surface area (Å²) in [6, 6.07) is 10.7. The van der Waals surface area contributed by atoms with Crippen molar-refractivity contribution in [2.45, 2.75) is 51.1 Å². The first kappa shape index (κ1) is 25.7. The molecule has 1 atom stereocenters. The number of hydrogen-bond donors (Lipinski definition) is 1. The predicted molar refractivity (Wildman–Crippen MR) is 148 cm³/mol. The normalized spacial score (nSPS) is 18.8. The lowest BCUT2D eigenvalue weighted by Gasteiger charge is -2.29. The van der Waals surface area contributed by atoms with E-state index in [9.17, 15) is 14.0 Å². The van der Waals surface area contributed by atoms with Gasteiger partial charge in [0.05, 0.1) is 17.2 Å². The minimum absolute atomic E-state index is 0.0701. The third kappa shape index (κ3) is 4.96. The number of benzene rings is 2. The minimum atomic E-state index is -0.234. The van der Waals surface area contributed by atoms with Gasteiger partial charge < -0.3 is 14.6 Å². The van der Waals surface area contributed by atoms with Gasteiger partial charge in [-0.3, -0.25) is 18.9 Å². The molecule has 9 heteroatoms. The average molecular weight is 532 g/mol. The second-order valence-corrected chi connectivity index (χ2v) is 10.9. The third-order valence-corrected chi connectivity index (χ3v) is 8.30. The molecule has 0 unspecified atom stereocenters. The van der Waals surface area contributed by atoms with Crippen molar-refractivity contribution in [3.63, 3.8) is 0 Å². The fourth-order valence-electron chi connectivity index (χ4n) is 6.16. The molecule has 4 aromatic rings. The van der Waals surface area contributed by atoms with Crippen LogP contribution in [0.4, 0.5) is 4.39 Å². The summed E-state index contributed by atoms with van der Waals surface area (Å²) < 4.78 is 20.8. The van der Waals surface area contributed by atoms with E-state index in [0.717, 1.165) is 61.2 Å². The van der Waals surface area contributed by atoms with Gasteiger partial charge in [-0.25, -0.2) is 9.37 Å². The van der Waals surface area contributed by atoms with Crippen molar-refractivity contribution in [1.29, 1.82) is 0 Å². The summed E-state index contributed by atoms with van der Waals surface area (Å²) in [4.78, 5) is 38.4. The number of carbonyl (C=O) groups is 1. The number of carbonyl (C=O) groups excluding carboxylic acids is 1. The van der Waals surface area contributed by atoms with Crippen LogP contribution in [-0.2, 0) is 11.3 Å². The Balaban J connectivity index is 1.26. The van der Waals surface area contributed by atoms with E-state index in [1.807, 2.05) is 42.6 Å². The molecule has 1 N–H and O–H groups in total. The maximum atomic E-state index is 13.7. The summed E-state index contributed by atoms with van der Waals surface area (Å²) in [6.07, 6.45) is 5.46. The van der Waals surface area contributed by atoms with Crippen LogP contribution in [0.25, 0.3) is 16.6 Å². The maximum Gasteiger partial charge on any atom is 0.274 e. The minimum Gasteiger partial charge on any atom is -0.381 e. The molecule has 6 rings (SSSR count). The zero-order valence-corrected chi connectivity index (χ0v) is 22.5. The molecule has 4 heterocycles. The number of ether oxygens (including phenoxy) is 1. The van der Waals surface area contributed by atoms with E-state index in [1.54, 1.807) is 11.1 Å². The SMILES string of the molecule is Cc1cc2c(cc1C(=O)N(C)C[C@H]1CCCN1Cc1ccc(F)cc1)[nH]c(=O)c1cnc(C3CCOCC3)n12. The van der Waals surface area contributed by atoms with E-state index in [1.165, 1.54) is 12.1 Å². The van der Waals surface area contributed by atoms with E-state index < -0.39 is 0 Å². The van der Waals surface area contributed by atoms with Gasteiger partial charge in [0.2, 0.25) is 0 Å². The number of likely N-dealkylation sites (N-methyl/N-ethyl adjacent to an activating group) is 1. The predicted octanol–water partition coefficient (Wildman–Crippen LogP) is 4.25. The molecule has 2 aliphatic rings. The molecule has 0 radical (unpaired) electrons. The Labute approximate surface area is 226 Å². The number of hydrogen-bond acceptors (Lipinski definition) is 5. The number of aryl methyl sites for hydroxylation is 1. The number of H-pyrrole nitrogens is 1. The van der Waals surface area contributed by atoms with Crippen LogP contribution in [0.15, 0.2) is 47.4 Å². The Morgan fingerprint density at radius 3 is 2.69 bits per heavy atom. The number of imidazole rings is 1. The molecule has 0 spiro atoms. The highest BCUT2D eigenvalue weighted by Gasteiger charge is 2.28. The lowest BCUT2D eigenvalue weighted by molar-refractivity contribution is 0.0749. The highest BCUT2D eigenvalue weighted by atomic mass is 19.1. The van der Waals surface area contributed by atoms with E-state index in [-0.39, 0.29) is 29.2 Å². The van der Waals surface area contributed by atoms with Crippen molar-refractivity contribution in [2.24, 2.45) is 0 Å². The summed E-state index contributed by atoms with van der Waals surface area (Å²) in [5.74, 6) is 0.799.